The van der Waals surface area contributed by atoms with Crippen molar-refractivity contribution in [2.75, 3.05) is 26.4 Å². The normalized spacial score (nSPS) is 13.2. The molecule has 5 heteroatoms. The van der Waals surface area contributed by atoms with Crippen LogP contribution in [-0.2, 0) is 13.3 Å². The van der Waals surface area contributed by atoms with Gasteiger partial charge in [0.05, 0.1) is 0 Å². The Labute approximate surface area is 100 Å². The summed E-state index contributed by atoms with van der Waals surface area (Å²) >= 11 is 0. The molecule has 0 aromatic carbocycles. The van der Waals surface area contributed by atoms with Gasteiger partial charge < -0.3 is 19.0 Å². The summed E-state index contributed by atoms with van der Waals surface area (Å²) in [5.74, 6) is 0. The highest BCUT2D eigenvalue weighted by Gasteiger charge is 2.44. The highest BCUT2D eigenvalue weighted by atomic mass is 28.4. The highest BCUT2D eigenvalue weighted by molar-refractivity contribution is 6.68. The van der Waals surface area contributed by atoms with Gasteiger partial charge in [-0.15, -0.1) is 0 Å². The molecule has 0 bridgehead atoms. The second-order valence-electron chi connectivity index (χ2n) is 3.21. The number of rotatable bonds is 9. The van der Waals surface area contributed by atoms with Crippen LogP contribution in [0.4, 0.5) is 0 Å². The van der Waals surface area contributed by atoms with Crippen molar-refractivity contribution >= 4 is 8.80 Å². The molecule has 0 aromatic heterocycles. The zero-order chi connectivity index (χ0) is 12.4. The molecule has 0 rings (SSSR count). The highest BCUT2D eigenvalue weighted by Crippen LogP contribution is 2.22. The van der Waals surface area contributed by atoms with E-state index in [-0.39, 0.29) is 0 Å². The fourth-order valence-electron chi connectivity index (χ4n) is 1.60. The maximum absolute atomic E-state index is 5.79. The molecule has 0 atom stereocenters. The first-order chi connectivity index (χ1) is 7.70. The topological polar surface area (TPSA) is 53.7 Å². The Morgan fingerprint density at radius 3 is 1.75 bits per heavy atom. The van der Waals surface area contributed by atoms with E-state index in [0.717, 1.165) is 11.6 Å². The Morgan fingerprint density at radius 2 is 1.50 bits per heavy atom. The lowest BCUT2D eigenvalue weighted by molar-refractivity contribution is 0.0798. The second-order valence-corrected chi connectivity index (χ2v) is 5.83. The van der Waals surface area contributed by atoms with E-state index in [9.17, 15) is 0 Å². The van der Waals surface area contributed by atoms with Crippen LogP contribution in [0.25, 0.3) is 0 Å². The van der Waals surface area contributed by atoms with Crippen molar-refractivity contribution < 1.29 is 13.3 Å². The molecule has 96 valence electrons. The van der Waals surface area contributed by atoms with E-state index in [4.69, 9.17) is 19.0 Å². The molecule has 0 unspecified atom stereocenters. The van der Waals surface area contributed by atoms with Gasteiger partial charge in [0.1, 0.15) is 0 Å². The fraction of sp³-hybridized carbons (Fsp3) is 0.818. The standard InChI is InChI=1S/C11H25NO3Si/c1-5-11(9-10-12)16(13-6-2,14-7-3)15-8-4/h5H,6-10,12H2,1-4H3. The first-order valence-corrected chi connectivity index (χ1v) is 7.70. The summed E-state index contributed by atoms with van der Waals surface area (Å²) in [7, 11) is -2.66. The van der Waals surface area contributed by atoms with E-state index in [2.05, 4.69) is 0 Å². The minimum Gasteiger partial charge on any atom is -0.370 e. The number of nitrogens with two attached hydrogens (primary N) is 1. The van der Waals surface area contributed by atoms with Crippen LogP contribution >= 0.6 is 0 Å². The van der Waals surface area contributed by atoms with Crippen molar-refractivity contribution in [2.45, 2.75) is 34.1 Å². The molecule has 0 aromatic rings. The van der Waals surface area contributed by atoms with Crippen molar-refractivity contribution in [3.63, 3.8) is 0 Å². The van der Waals surface area contributed by atoms with Gasteiger partial charge in [-0.3, -0.25) is 0 Å². The van der Waals surface area contributed by atoms with E-state index in [1.54, 1.807) is 0 Å². The van der Waals surface area contributed by atoms with Crippen LogP contribution < -0.4 is 5.73 Å². The van der Waals surface area contributed by atoms with Crippen LogP contribution in [0, 0.1) is 0 Å². The summed E-state index contributed by atoms with van der Waals surface area (Å²) in [6, 6.07) is 0. The maximum Gasteiger partial charge on any atom is 0.532 e. The van der Waals surface area contributed by atoms with Crippen LogP contribution in [0.5, 0.6) is 0 Å². The van der Waals surface area contributed by atoms with Gasteiger partial charge in [-0.25, -0.2) is 0 Å². The fourth-order valence-corrected chi connectivity index (χ4v) is 4.35. The molecule has 0 aliphatic carbocycles. The Kier molecular flexibility index (Phi) is 8.78. The molecule has 4 nitrogen and oxygen atoms in total. The second kappa shape index (κ2) is 8.89. The molecule has 0 spiro atoms. The largest absolute Gasteiger partial charge is 0.532 e. The lowest BCUT2D eigenvalue weighted by Gasteiger charge is -2.30. The third kappa shape index (κ3) is 4.35. The van der Waals surface area contributed by atoms with E-state index < -0.39 is 8.80 Å². The van der Waals surface area contributed by atoms with Gasteiger partial charge in [0.15, 0.2) is 0 Å². The summed E-state index contributed by atoms with van der Waals surface area (Å²) in [6.45, 7) is 10.2. The van der Waals surface area contributed by atoms with Gasteiger partial charge >= 0.3 is 8.80 Å². The van der Waals surface area contributed by atoms with Gasteiger partial charge in [0.2, 0.25) is 0 Å². The minimum absolute atomic E-state index is 0.585. The van der Waals surface area contributed by atoms with E-state index in [1.807, 2.05) is 33.8 Å². The summed E-state index contributed by atoms with van der Waals surface area (Å²) < 4.78 is 17.4. The van der Waals surface area contributed by atoms with Gasteiger partial charge in [-0.2, -0.15) is 0 Å². The van der Waals surface area contributed by atoms with Crippen molar-refractivity contribution in [3.05, 3.63) is 11.3 Å². The van der Waals surface area contributed by atoms with E-state index in [0.29, 0.717) is 26.4 Å². The quantitative estimate of drug-likeness (QED) is 0.632. The van der Waals surface area contributed by atoms with Crippen molar-refractivity contribution in [1.29, 1.82) is 0 Å². The van der Waals surface area contributed by atoms with Gasteiger partial charge in [0.25, 0.3) is 0 Å². The van der Waals surface area contributed by atoms with Crippen LogP contribution in [0.15, 0.2) is 11.3 Å². The molecule has 0 heterocycles. The maximum atomic E-state index is 5.79. The minimum atomic E-state index is -2.66. The van der Waals surface area contributed by atoms with Crippen LogP contribution in [0.2, 0.25) is 0 Å². The Balaban J connectivity index is 4.94. The number of hydrogen-bond acceptors (Lipinski definition) is 4. The number of hydrogen-bond donors (Lipinski definition) is 1. The van der Waals surface area contributed by atoms with Gasteiger partial charge in [0, 0.05) is 19.8 Å². The summed E-state index contributed by atoms with van der Waals surface area (Å²) in [5, 5.41) is 1.08. The Bertz CT molecular complexity index is 192. The molecule has 0 aliphatic heterocycles. The zero-order valence-corrected chi connectivity index (χ0v) is 11.9. The Hall–Kier alpha value is -0.203. The van der Waals surface area contributed by atoms with Gasteiger partial charge in [-0.1, -0.05) is 6.08 Å². The monoisotopic (exact) mass is 247 g/mol. The molecule has 0 saturated heterocycles. The molecule has 2 N–H and O–H groups in total. The Morgan fingerprint density at radius 1 is 1.06 bits per heavy atom. The summed E-state index contributed by atoms with van der Waals surface area (Å²) in [4.78, 5) is 0. The molecule has 0 radical (unpaired) electrons. The summed E-state index contributed by atoms with van der Waals surface area (Å²) in [5.41, 5.74) is 5.60. The number of allylic oxidation sites excluding steroid dienone is 1. The molecule has 16 heavy (non-hydrogen) atoms. The van der Waals surface area contributed by atoms with E-state index >= 15 is 0 Å². The molecular weight excluding hydrogens is 222 g/mol. The van der Waals surface area contributed by atoms with Crippen LogP contribution in [0.1, 0.15) is 34.1 Å². The van der Waals surface area contributed by atoms with Crippen molar-refractivity contribution in [1.82, 2.24) is 0 Å². The van der Waals surface area contributed by atoms with E-state index in [1.165, 1.54) is 0 Å². The average Bonchev–Trinajstić information content (AvgIpc) is 2.26. The van der Waals surface area contributed by atoms with Gasteiger partial charge in [-0.05, 0) is 45.9 Å². The lowest BCUT2D eigenvalue weighted by atomic mass is 10.4. The average molecular weight is 247 g/mol. The third-order valence-electron chi connectivity index (χ3n) is 2.16. The predicted octanol–water partition coefficient (Wildman–Crippen LogP) is 1.87. The molecule has 0 amide bonds. The smallest absolute Gasteiger partial charge is 0.370 e. The van der Waals surface area contributed by atoms with Crippen molar-refractivity contribution in [2.24, 2.45) is 5.73 Å². The predicted molar refractivity (Wildman–Crippen MR) is 68.1 cm³/mol. The molecule has 0 fully saturated rings. The first-order valence-electron chi connectivity index (χ1n) is 5.98. The summed E-state index contributed by atoms with van der Waals surface area (Å²) in [6.07, 6.45) is 2.78. The van der Waals surface area contributed by atoms with Crippen molar-refractivity contribution in [3.8, 4) is 0 Å². The molecule has 0 saturated carbocycles. The first kappa shape index (κ1) is 15.8. The third-order valence-corrected chi connectivity index (χ3v) is 5.49. The molecule has 0 aliphatic rings. The lowest BCUT2D eigenvalue weighted by Crippen LogP contribution is -2.49. The van der Waals surface area contributed by atoms with Crippen LogP contribution in [0.3, 0.4) is 0 Å². The molecular formula is C11H25NO3Si. The SMILES string of the molecule is CC=C(CCN)[Si](OCC)(OCC)OCC. The zero-order valence-electron chi connectivity index (χ0n) is 10.9. The van der Waals surface area contributed by atoms with Crippen LogP contribution in [-0.4, -0.2) is 35.2 Å².